The van der Waals surface area contributed by atoms with Gasteiger partial charge in [0, 0.05) is 22.2 Å². The number of carbonyl (C=O) groups is 1. The Kier molecular flexibility index (Phi) is 3.20. The predicted octanol–water partition coefficient (Wildman–Crippen LogP) is 3.83. The van der Waals surface area contributed by atoms with E-state index in [1.807, 2.05) is 24.3 Å². The highest BCUT2D eigenvalue weighted by molar-refractivity contribution is 7.99. The van der Waals surface area contributed by atoms with E-state index in [9.17, 15) is 4.79 Å². The summed E-state index contributed by atoms with van der Waals surface area (Å²) < 4.78 is 1.52. The van der Waals surface area contributed by atoms with Gasteiger partial charge in [0.25, 0.3) is 5.91 Å². The van der Waals surface area contributed by atoms with E-state index in [1.165, 1.54) is 14.4 Å². The Morgan fingerprint density at radius 1 is 1.00 bits per heavy atom. The van der Waals surface area contributed by atoms with Crippen LogP contribution in [-0.2, 0) is 0 Å². The Morgan fingerprint density at radius 2 is 1.64 bits per heavy atom. The number of rotatable bonds is 2. The average Bonchev–Trinajstić information content (AvgIpc) is 3.09. The zero-order valence-electron chi connectivity index (χ0n) is 11.7. The van der Waals surface area contributed by atoms with Gasteiger partial charge in [0.1, 0.15) is 12.9 Å². The monoisotopic (exact) mass is 307 g/mol. The molecule has 0 saturated carbocycles. The topological polar surface area (TPSA) is 38.1 Å². The highest BCUT2D eigenvalue weighted by atomic mass is 32.2. The van der Waals surface area contributed by atoms with Crippen LogP contribution in [0.4, 0.5) is 11.4 Å². The van der Waals surface area contributed by atoms with Crippen LogP contribution in [0.15, 0.2) is 77.0 Å². The molecule has 108 valence electrons. The quantitative estimate of drug-likeness (QED) is 0.721. The highest BCUT2D eigenvalue weighted by Gasteiger charge is 2.24. The summed E-state index contributed by atoms with van der Waals surface area (Å²) in [5, 5.41) is 0. The number of nitrogens with zero attached hydrogens (tertiary/aromatic N) is 3. The first kappa shape index (κ1) is 13.2. The number of imidazole rings is 1. The Hall–Kier alpha value is -2.53. The fourth-order valence-electron chi connectivity index (χ4n) is 2.58. The van der Waals surface area contributed by atoms with Crippen molar-refractivity contribution >= 4 is 29.0 Å². The molecule has 0 bridgehead atoms. The Morgan fingerprint density at radius 3 is 2.23 bits per heavy atom. The molecule has 4 rings (SSSR count). The average molecular weight is 307 g/mol. The number of carbonyl (C=O) groups excluding carboxylic acids is 1. The Bertz CT molecular complexity index is 784. The van der Waals surface area contributed by atoms with Crippen molar-refractivity contribution in [1.82, 2.24) is 9.55 Å². The molecule has 0 unspecified atom stereocenters. The minimum absolute atomic E-state index is 0.00555. The summed E-state index contributed by atoms with van der Waals surface area (Å²) in [5.74, 6) is -0.00555. The molecule has 0 amide bonds. The van der Waals surface area contributed by atoms with E-state index in [0.717, 1.165) is 11.4 Å². The molecule has 0 spiro atoms. The van der Waals surface area contributed by atoms with Crippen LogP contribution in [0.1, 0.15) is 4.79 Å². The molecule has 5 heteroatoms. The molecule has 2 heterocycles. The van der Waals surface area contributed by atoms with E-state index >= 15 is 0 Å². The van der Waals surface area contributed by atoms with Gasteiger partial charge >= 0.3 is 0 Å². The third-order valence-electron chi connectivity index (χ3n) is 3.62. The molecule has 0 fully saturated rings. The molecule has 4 nitrogen and oxygen atoms in total. The first-order valence-electron chi connectivity index (χ1n) is 6.97. The van der Waals surface area contributed by atoms with Crippen molar-refractivity contribution in [2.24, 2.45) is 0 Å². The zero-order chi connectivity index (χ0) is 14.9. The minimum atomic E-state index is -0.00555. The summed E-state index contributed by atoms with van der Waals surface area (Å²) in [7, 11) is 0. The fourth-order valence-corrected chi connectivity index (χ4v) is 3.67. The van der Waals surface area contributed by atoms with Gasteiger partial charge in [-0.05, 0) is 24.3 Å². The molecule has 1 aliphatic heterocycles. The van der Waals surface area contributed by atoms with Crippen LogP contribution < -0.4 is 4.90 Å². The van der Waals surface area contributed by atoms with Crippen LogP contribution in [0.25, 0.3) is 0 Å². The van der Waals surface area contributed by atoms with Crippen LogP contribution in [0, 0.1) is 0 Å². The number of aromatic nitrogens is 2. The second-order valence-corrected chi connectivity index (χ2v) is 6.07. The summed E-state index contributed by atoms with van der Waals surface area (Å²) in [4.78, 5) is 20.8. The van der Waals surface area contributed by atoms with E-state index in [2.05, 4.69) is 34.1 Å². The van der Waals surface area contributed by atoms with Gasteiger partial charge in [-0.3, -0.25) is 9.36 Å². The number of para-hydroxylation sites is 2. The lowest BCUT2D eigenvalue weighted by atomic mass is 10.2. The molecule has 0 radical (unpaired) electrons. The summed E-state index contributed by atoms with van der Waals surface area (Å²) in [6.07, 6.45) is 4.84. The maximum atomic E-state index is 12.5. The van der Waals surface area contributed by atoms with Gasteiger partial charge in [0.05, 0.1) is 11.4 Å². The molecule has 3 aromatic rings. The van der Waals surface area contributed by atoms with E-state index in [-0.39, 0.29) is 12.5 Å². The van der Waals surface area contributed by atoms with Crippen LogP contribution in [0.5, 0.6) is 0 Å². The van der Waals surface area contributed by atoms with Crippen LogP contribution in [0.3, 0.4) is 0 Å². The third-order valence-corrected chi connectivity index (χ3v) is 4.75. The lowest BCUT2D eigenvalue weighted by Crippen LogP contribution is -2.30. The first-order chi connectivity index (χ1) is 10.8. The lowest BCUT2D eigenvalue weighted by Gasteiger charge is -2.32. The number of benzene rings is 2. The standard InChI is InChI=1S/C17H13N3OS/c21-17(19-10-9-18-12-19)11-20-13-5-1-3-7-15(13)22-16-8-4-2-6-14(16)20/h1-10,12H,11H2. The maximum absolute atomic E-state index is 12.5. The minimum Gasteiger partial charge on any atom is -0.330 e. The van der Waals surface area contributed by atoms with Crippen molar-refractivity contribution in [3.05, 3.63) is 67.3 Å². The smallest absolute Gasteiger partial charge is 0.251 e. The molecule has 1 aliphatic rings. The summed E-state index contributed by atoms with van der Waals surface area (Å²) in [5.41, 5.74) is 2.14. The van der Waals surface area contributed by atoms with Crippen molar-refractivity contribution in [3.63, 3.8) is 0 Å². The molecule has 0 N–H and O–H groups in total. The predicted molar refractivity (Wildman–Crippen MR) is 86.9 cm³/mol. The number of fused-ring (bicyclic) bond motifs is 2. The van der Waals surface area contributed by atoms with Crippen LogP contribution in [-0.4, -0.2) is 22.0 Å². The van der Waals surface area contributed by atoms with Crippen molar-refractivity contribution in [2.45, 2.75) is 9.79 Å². The first-order valence-corrected chi connectivity index (χ1v) is 7.79. The van der Waals surface area contributed by atoms with Gasteiger partial charge in [-0.25, -0.2) is 4.98 Å². The van der Waals surface area contributed by atoms with Crippen molar-refractivity contribution in [1.29, 1.82) is 0 Å². The number of hydrogen-bond acceptors (Lipinski definition) is 4. The van der Waals surface area contributed by atoms with Gasteiger partial charge in [-0.1, -0.05) is 36.0 Å². The molecular formula is C17H13N3OS. The normalized spacial score (nSPS) is 12.6. The summed E-state index contributed by atoms with van der Waals surface area (Å²) >= 11 is 1.74. The Labute approximate surface area is 132 Å². The van der Waals surface area contributed by atoms with E-state index in [4.69, 9.17) is 0 Å². The van der Waals surface area contributed by atoms with Crippen LogP contribution in [0.2, 0.25) is 0 Å². The second-order valence-electron chi connectivity index (χ2n) is 4.99. The molecule has 0 aliphatic carbocycles. The SMILES string of the molecule is O=C(CN1c2ccccc2Sc2ccccc21)n1ccnc1. The molecule has 2 aromatic carbocycles. The molecule has 0 saturated heterocycles. The number of anilines is 2. The van der Waals surface area contributed by atoms with Gasteiger partial charge in [0.2, 0.25) is 0 Å². The van der Waals surface area contributed by atoms with Gasteiger partial charge in [0.15, 0.2) is 0 Å². The van der Waals surface area contributed by atoms with Crippen molar-refractivity contribution in [3.8, 4) is 0 Å². The molecule has 0 atom stereocenters. The largest absolute Gasteiger partial charge is 0.330 e. The lowest BCUT2D eigenvalue weighted by molar-refractivity contribution is 0.0923. The van der Waals surface area contributed by atoms with E-state index in [0.29, 0.717) is 0 Å². The summed E-state index contributed by atoms with van der Waals surface area (Å²) in [6.45, 7) is 0.283. The van der Waals surface area contributed by atoms with E-state index in [1.54, 1.807) is 30.5 Å². The van der Waals surface area contributed by atoms with Gasteiger partial charge in [-0.15, -0.1) is 0 Å². The summed E-state index contributed by atoms with van der Waals surface area (Å²) in [6, 6.07) is 16.3. The van der Waals surface area contributed by atoms with Crippen LogP contribution >= 0.6 is 11.8 Å². The fraction of sp³-hybridized carbons (Fsp3) is 0.0588. The van der Waals surface area contributed by atoms with E-state index < -0.39 is 0 Å². The third kappa shape index (κ3) is 2.19. The Balaban J connectivity index is 1.76. The molecule has 1 aromatic heterocycles. The molecular weight excluding hydrogens is 294 g/mol. The zero-order valence-corrected chi connectivity index (χ0v) is 12.5. The second kappa shape index (κ2) is 5.35. The van der Waals surface area contributed by atoms with Crippen molar-refractivity contribution in [2.75, 3.05) is 11.4 Å². The molecule has 22 heavy (non-hydrogen) atoms. The maximum Gasteiger partial charge on any atom is 0.251 e. The van der Waals surface area contributed by atoms with Gasteiger partial charge in [-0.2, -0.15) is 0 Å². The van der Waals surface area contributed by atoms with Crippen molar-refractivity contribution < 1.29 is 4.79 Å². The highest BCUT2D eigenvalue weighted by Crippen LogP contribution is 2.47. The van der Waals surface area contributed by atoms with Gasteiger partial charge < -0.3 is 4.90 Å². The number of hydrogen-bond donors (Lipinski definition) is 0.